The molecule has 0 aromatic carbocycles. The van der Waals surface area contributed by atoms with E-state index in [0.717, 1.165) is 17.9 Å². The molecule has 2 rings (SSSR count). The number of Topliss-reactive ketones (excluding diaryl/α,β-unsaturated/α-hetero) is 1. The van der Waals surface area contributed by atoms with Gasteiger partial charge in [-0.05, 0) is 31.7 Å². The lowest BCUT2D eigenvalue weighted by Gasteiger charge is -2.19. The first-order valence-corrected chi connectivity index (χ1v) is 8.19. The van der Waals surface area contributed by atoms with Crippen molar-refractivity contribution in [2.75, 3.05) is 13.1 Å². The fraction of sp³-hybridized carbons (Fsp3) is 0.333. The molecule has 0 spiro atoms. The van der Waals surface area contributed by atoms with Crippen LogP contribution in [0.25, 0.3) is 0 Å². The molecule has 2 aromatic rings. The van der Waals surface area contributed by atoms with E-state index in [9.17, 15) is 4.79 Å². The Morgan fingerprint density at radius 3 is 2.71 bits per heavy atom. The third kappa shape index (κ3) is 4.51. The van der Waals surface area contributed by atoms with E-state index >= 15 is 0 Å². The Balaban J connectivity index is 2.05. The summed E-state index contributed by atoms with van der Waals surface area (Å²) >= 11 is 13.1. The van der Waals surface area contributed by atoms with Crippen LogP contribution in [0.2, 0.25) is 8.67 Å². The number of carbonyl (C=O) groups excluding carboxylic acids is 1. The molecule has 0 saturated carbocycles. The summed E-state index contributed by atoms with van der Waals surface area (Å²) in [7, 11) is 0. The average molecular weight is 343 g/mol. The Kier molecular flexibility index (Phi) is 5.76. The lowest BCUT2D eigenvalue weighted by atomic mass is 10.2. The Morgan fingerprint density at radius 2 is 2.14 bits per heavy atom. The van der Waals surface area contributed by atoms with Crippen molar-refractivity contribution in [3.05, 3.63) is 49.9 Å². The van der Waals surface area contributed by atoms with E-state index in [-0.39, 0.29) is 5.78 Å². The Labute approximate surface area is 138 Å². The zero-order valence-corrected chi connectivity index (χ0v) is 14.2. The summed E-state index contributed by atoms with van der Waals surface area (Å²) in [6.45, 7) is 5.68. The van der Waals surface area contributed by atoms with Gasteiger partial charge in [-0.1, -0.05) is 36.2 Å². The number of thiophene rings is 1. The summed E-state index contributed by atoms with van der Waals surface area (Å²) in [5.74, 6) is -0.0161. The van der Waals surface area contributed by atoms with Crippen LogP contribution in [0.1, 0.15) is 28.7 Å². The molecule has 0 radical (unpaired) electrons. The van der Waals surface area contributed by atoms with Crippen LogP contribution in [-0.2, 0) is 6.54 Å². The molecule has 2 heterocycles. The van der Waals surface area contributed by atoms with Gasteiger partial charge in [0.25, 0.3) is 0 Å². The lowest BCUT2D eigenvalue weighted by Crippen LogP contribution is -2.29. The molecule has 0 aliphatic heterocycles. The highest BCUT2D eigenvalue weighted by Gasteiger charge is 2.17. The van der Waals surface area contributed by atoms with Gasteiger partial charge in [-0.15, -0.1) is 11.3 Å². The van der Waals surface area contributed by atoms with Gasteiger partial charge in [-0.3, -0.25) is 14.7 Å². The minimum absolute atomic E-state index is 0.0161. The maximum absolute atomic E-state index is 12.3. The third-order valence-electron chi connectivity index (χ3n) is 3.10. The maximum Gasteiger partial charge on any atom is 0.179 e. The second-order valence-corrected chi connectivity index (χ2v) is 7.02. The monoisotopic (exact) mass is 342 g/mol. The van der Waals surface area contributed by atoms with Gasteiger partial charge in [0.05, 0.1) is 22.1 Å². The summed E-state index contributed by atoms with van der Waals surface area (Å²) in [5.41, 5.74) is 2.43. The first-order valence-electron chi connectivity index (χ1n) is 6.62. The molecule has 0 saturated heterocycles. The number of rotatable bonds is 6. The highest BCUT2D eigenvalue weighted by molar-refractivity contribution is 7.20. The van der Waals surface area contributed by atoms with Crippen molar-refractivity contribution < 1.29 is 4.79 Å². The molecule has 0 atom stereocenters. The number of aromatic nitrogens is 1. The molecular weight excluding hydrogens is 327 g/mol. The number of hydrogen-bond acceptors (Lipinski definition) is 4. The fourth-order valence-corrected chi connectivity index (χ4v) is 3.51. The smallest absolute Gasteiger partial charge is 0.179 e. The molecule has 0 aliphatic carbocycles. The van der Waals surface area contributed by atoms with E-state index in [1.54, 1.807) is 6.07 Å². The molecular formula is C15H16Cl2N2OS. The van der Waals surface area contributed by atoms with Crippen LogP contribution in [-0.4, -0.2) is 28.8 Å². The van der Waals surface area contributed by atoms with Gasteiger partial charge in [-0.2, -0.15) is 0 Å². The molecule has 0 bridgehead atoms. The predicted octanol–water partition coefficient (Wildman–Crippen LogP) is 4.46. The molecule has 0 amide bonds. The average Bonchev–Trinajstić information content (AvgIpc) is 2.77. The van der Waals surface area contributed by atoms with Crippen LogP contribution in [0.3, 0.4) is 0 Å². The molecule has 2 aromatic heterocycles. The molecule has 0 N–H and O–H groups in total. The molecule has 112 valence electrons. The van der Waals surface area contributed by atoms with Crippen molar-refractivity contribution in [2.24, 2.45) is 0 Å². The third-order valence-corrected chi connectivity index (χ3v) is 4.59. The van der Waals surface area contributed by atoms with E-state index in [4.69, 9.17) is 23.2 Å². The van der Waals surface area contributed by atoms with E-state index in [1.807, 2.05) is 36.9 Å². The zero-order chi connectivity index (χ0) is 15.4. The standard InChI is InChI=1S/C15H16Cl2N2OS/c1-3-19(8-11-6-4-5-10(2)18-11)9-13(20)12-7-14(16)21-15(12)17/h4-7H,3,8-9H2,1-2H3. The van der Waals surface area contributed by atoms with Crippen LogP contribution in [0.5, 0.6) is 0 Å². The zero-order valence-electron chi connectivity index (χ0n) is 11.9. The lowest BCUT2D eigenvalue weighted by molar-refractivity contribution is 0.0929. The van der Waals surface area contributed by atoms with Crippen LogP contribution >= 0.6 is 34.5 Å². The number of nitrogens with zero attached hydrogens (tertiary/aromatic N) is 2. The van der Waals surface area contributed by atoms with Crippen molar-refractivity contribution in [2.45, 2.75) is 20.4 Å². The van der Waals surface area contributed by atoms with E-state index in [1.165, 1.54) is 11.3 Å². The van der Waals surface area contributed by atoms with Crippen LogP contribution in [0, 0.1) is 6.92 Å². The Morgan fingerprint density at radius 1 is 1.38 bits per heavy atom. The molecule has 6 heteroatoms. The van der Waals surface area contributed by atoms with Crippen molar-refractivity contribution in [1.29, 1.82) is 0 Å². The van der Waals surface area contributed by atoms with Crippen molar-refractivity contribution in [3.63, 3.8) is 0 Å². The maximum atomic E-state index is 12.3. The molecule has 3 nitrogen and oxygen atoms in total. The summed E-state index contributed by atoms with van der Waals surface area (Å²) in [4.78, 5) is 18.8. The Hall–Kier alpha value is -0.940. The summed E-state index contributed by atoms with van der Waals surface area (Å²) in [6.07, 6.45) is 0. The topological polar surface area (TPSA) is 33.2 Å². The van der Waals surface area contributed by atoms with Gasteiger partial charge in [0.15, 0.2) is 5.78 Å². The molecule has 0 aliphatic rings. The number of pyridine rings is 1. The Bertz CT molecular complexity index is 642. The van der Waals surface area contributed by atoms with Gasteiger partial charge in [0, 0.05) is 12.2 Å². The number of hydrogen-bond donors (Lipinski definition) is 0. The van der Waals surface area contributed by atoms with Gasteiger partial charge < -0.3 is 0 Å². The second-order valence-electron chi connectivity index (χ2n) is 4.73. The van der Waals surface area contributed by atoms with Crippen molar-refractivity contribution in [3.8, 4) is 0 Å². The molecule has 0 unspecified atom stereocenters. The van der Waals surface area contributed by atoms with Gasteiger partial charge in [-0.25, -0.2) is 0 Å². The van der Waals surface area contributed by atoms with E-state index in [0.29, 0.717) is 27.3 Å². The SMILES string of the molecule is CCN(CC(=O)c1cc(Cl)sc1Cl)Cc1cccc(C)n1. The summed E-state index contributed by atoms with van der Waals surface area (Å²) in [5, 5.41) is 0. The minimum atomic E-state index is -0.0161. The molecule has 21 heavy (non-hydrogen) atoms. The minimum Gasteiger partial charge on any atom is -0.293 e. The normalized spacial score (nSPS) is 11.1. The number of aryl methyl sites for hydroxylation is 1. The van der Waals surface area contributed by atoms with Gasteiger partial charge in [0.1, 0.15) is 4.34 Å². The summed E-state index contributed by atoms with van der Waals surface area (Å²) < 4.78 is 0.987. The largest absolute Gasteiger partial charge is 0.293 e. The number of likely N-dealkylation sites (N-methyl/N-ethyl adjacent to an activating group) is 1. The first-order chi connectivity index (χ1) is 9.99. The van der Waals surface area contributed by atoms with Crippen LogP contribution in [0.4, 0.5) is 0 Å². The number of ketones is 1. The first kappa shape index (κ1) is 16.4. The van der Waals surface area contributed by atoms with Crippen molar-refractivity contribution >= 4 is 40.3 Å². The van der Waals surface area contributed by atoms with E-state index in [2.05, 4.69) is 4.98 Å². The highest BCUT2D eigenvalue weighted by atomic mass is 35.5. The van der Waals surface area contributed by atoms with Gasteiger partial charge in [0.2, 0.25) is 0 Å². The highest BCUT2D eigenvalue weighted by Crippen LogP contribution is 2.31. The quantitative estimate of drug-likeness (QED) is 0.726. The van der Waals surface area contributed by atoms with Crippen molar-refractivity contribution in [1.82, 2.24) is 9.88 Å². The van der Waals surface area contributed by atoms with Crippen LogP contribution < -0.4 is 0 Å². The van der Waals surface area contributed by atoms with E-state index < -0.39 is 0 Å². The number of halogens is 2. The number of carbonyl (C=O) groups is 1. The van der Waals surface area contributed by atoms with Gasteiger partial charge >= 0.3 is 0 Å². The fourth-order valence-electron chi connectivity index (χ4n) is 2.01. The second kappa shape index (κ2) is 7.36. The predicted molar refractivity (Wildman–Crippen MR) is 88.6 cm³/mol. The summed E-state index contributed by atoms with van der Waals surface area (Å²) in [6, 6.07) is 7.53. The van der Waals surface area contributed by atoms with Crippen LogP contribution in [0.15, 0.2) is 24.3 Å². The molecule has 0 fully saturated rings.